The lowest BCUT2D eigenvalue weighted by Crippen LogP contribution is -2.72. The summed E-state index contributed by atoms with van der Waals surface area (Å²) in [5.74, 6) is -5.43. The van der Waals surface area contributed by atoms with Crippen LogP contribution in [0.2, 0.25) is 0 Å². The van der Waals surface area contributed by atoms with E-state index in [2.05, 4.69) is 22.0 Å². The number of carbonyl (C=O) groups excluding carboxylic acids is 7. The molecule has 1 saturated carbocycles. The number of imide groups is 1. The van der Waals surface area contributed by atoms with Gasteiger partial charge < -0.3 is 59.5 Å². The van der Waals surface area contributed by atoms with Crippen molar-refractivity contribution in [1.82, 2.24) is 16.0 Å². The number of Topliss-reactive ketones (excluding diaryl/α,β-unsaturated/α-hetero) is 2. The number of ketones is 2. The minimum Gasteiger partial charge on any atom is -0.482 e. The fraction of sp³-hybridized carbons (Fsp3) is 0.508. The van der Waals surface area contributed by atoms with E-state index in [1.807, 2.05) is 60.6 Å². The monoisotopic (exact) mass is 1090 g/mol. The van der Waals surface area contributed by atoms with Gasteiger partial charge in [-0.3, -0.25) is 34.1 Å². The van der Waals surface area contributed by atoms with Gasteiger partial charge in [0.05, 0.1) is 17.8 Å². The van der Waals surface area contributed by atoms with Crippen molar-refractivity contribution in [2.75, 3.05) is 6.61 Å². The highest BCUT2D eigenvalue weighted by molar-refractivity contribution is 6.19. The predicted molar refractivity (Wildman–Crippen MR) is 283 cm³/mol. The first kappa shape index (κ1) is 56.9. The summed E-state index contributed by atoms with van der Waals surface area (Å²) >= 11 is 0. The number of carbonyl (C=O) groups is 7. The third-order valence-corrected chi connectivity index (χ3v) is 16.2. The van der Waals surface area contributed by atoms with E-state index in [0.717, 1.165) is 11.1 Å². The Labute approximate surface area is 457 Å². The predicted octanol–water partition coefficient (Wildman–Crippen LogP) is 4.27. The van der Waals surface area contributed by atoms with Gasteiger partial charge in [0.2, 0.25) is 24.0 Å². The van der Waals surface area contributed by atoms with Crippen molar-refractivity contribution in [3.63, 3.8) is 0 Å². The van der Waals surface area contributed by atoms with Gasteiger partial charge in [-0.1, -0.05) is 35.5 Å². The molecule has 79 heavy (non-hydrogen) atoms. The van der Waals surface area contributed by atoms with Crippen LogP contribution >= 0.6 is 0 Å². The second-order valence-corrected chi connectivity index (χ2v) is 22.9. The number of hydrogen-bond acceptors (Lipinski definition) is 17. The number of nitrogens with one attached hydrogen (secondary N) is 3. The lowest BCUT2D eigenvalue weighted by atomic mass is 9.51. The van der Waals surface area contributed by atoms with Gasteiger partial charge in [0.15, 0.2) is 28.5 Å². The molecule has 2 aromatic carbocycles. The van der Waals surface area contributed by atoms with E-state index < -0.39 is 119 Å². The van der Waals surface area contributed by atoms with Crippen molar-refractivity contribution >= 4 is 47.2 Å². The number of fused-ring (bicyclic) bond motifs is 2. The Morgan fingerprint density at radius 1 is 0.911 bits per heavy atom. The van der Waals surface area contributed by atoms with Gasteiger partial charge in [-0.25, -0.2) is 4.79 Å². The molecule has 10 rings (SSSR count). The highest BCUT2D eigenvalue weighted by Gasteiger charge is 2.81. The molecule has 5 aliphatic heterocycles. The number of benzene rings is 2. The van der Waals surface area contributed by atoms with Crippen molar-refractivity contribution in [1.29, 1.82) is 0 Å². The Morgan fingerprint density at radius 2 is 1.62 bits per heavy atom. The summed E-state index contributed by atoms with van der Waals surface area (Å²) in [7, 11) is 0. The first-order valence-corrected chi connectivity index (χ1v) is 26.7. The number of piperidine rings is 1. The largest absolute Gasteiger partial charge is 0.482 e. The zero-order valence-electron chi connectivity index (χ0n) is 45.7. The Morgan fingerprint density at radius 3 is 2.29 bits per heavy atom. The van der Waals surface area contributed by atoms with Crippen LogP contribution in [0.25, 0.3) is 6.08 Å². The molecule has 2 aromatic rings. The molecule has 3 aliphatic carbocycles. The van der Waals surface area contributed by atoms with Crippen LogP contribution in [-0.4, -0.2) is 133 Å². The van der Waals surface area contributed by atoms with Crippen LogP contribution in [-0.2, 0) is 39.9 Å². The quantitative estimate of drug-likeness (QED) is 0.0406. The summed E-state index contributed by atoms with van der Waals surface area (Å²) in [6.07, 6.45) is 4.85. The van der Waals surface area contributed by atoms with Gasteiger partial charge in [-0.2, -0.15) is 0 Å². The zero-order chi connectivity index (χ0) is 57.3. The van der Waals surface area contributed by atoms with Crippen LogP contribution in [0.3, 0.4) is 0 Å². The van der Waals surface area contributed by atoms with Crippen LogP contribution < -0.4 is 34.9 Å². The smallest absolute Gasteiger partial charge is 0.333 e. The first-order valence-electron chi connectivity index (χ1n) is 26.7. The molecule has 3 saturated heterocycles. The summed E-state index contributed by atoms with van der Waals surface area (Å²) in [6, 6.07) is 3.23. The second kappa shape index (κ2) is 21.3. The summed E-state index contributed by atoms with van der Waals surface area (Å²) < 4.78 is 38.9. The van der Waals surface area contributed by atoms with Crippen molar-refractivity contribution in [2.45, 2.75) is 172 Å². The van der Waals surface area contributed by atoms with Crippen LogP contribution in [0.4, 0.5) is 0 Å². The minimum atomic E-state index is -1.86. The van der Waals surface area contributed by atoms with Crippen molar-refractivity contribution in [3.8, 4) is 23.0 Å². The number of amides is 4. The average molecular weight is 1090 g/mol. The van der Waals surface area contributed by atoms with Gasteiger partial charge in [-0.15, -0.1) is 0 Å². The molecule has 12 atom stereocenters. The zero-order valence-corrected chi connectivity index (χ0v) is 45.7. The third-order valence-electron chi connectivity index (χ3n) is 16.2. The summed E-state index contributed by atoms with van der Waals surface area (Å²) in [4.78, 5) is 97.4. The van der Waals surface area contributed by atoms with Gasteiger partial charge in [0.25, 0.3) is 5.91 Å². The van der Waals surface area contributed by atoms with Crippen molar-refractivity contribution < 1.29 is 82.4 Å². The molecule has 5 heterocycles. The maximum atomic E-state index is 15.9. The molecule has 4 fully saturated rings. The van der Waals surface area contributed by atoms with Crippen molar-refractivity contribution in [3.05, 3.63) is 99.2 Å². The molecule has 422 valence electrons. The molecular weight excluding hydrogens is 1020 g/mol. The van der Waals surface area contributed by atoms with Crippen LogP contribution in [0.5, 0.6) is 23.0 Å². The first-order chi connectivity index (χ1) is 37.2. The van der Waals surface area contributed by atoms with E-state index in [9.17, 15) is 44.4 Å². The molecule has 4 amide bonds. The molecule has 8 aliphatic rings. The number of hydrogen-bond donors (Lipinski definition) is 7. The number of aliphatic hydroxyl groups is 4. The Bertz CT molecular complexity index is 3050. The lowest BCUT2D eigenvalue weighted by molar-refractivity contribution is -0.277. The molecule has 0 aromatic heterocycles. The molecule has 7 unspecified atom stereocenters. The molecule has 4 bridgehead atoms. The molecule has 20 heteroatoms. The van der Waals surface area contributed by atoms with Gasteiger partial charge in [0.1, 0.15) is 64.9 Å². The van der Waals surface area contributed by atoms with Crippen LogP contribution in [0.1, 0.15) is 133 Å². The number of aliphatic hydroxyl groups excluding tert-OH is 4. The third kappa shape index (κ3) is 10.2. The summed E-state index contributed by atoms with van der Waals surface area (Å²) in [5, 5.41) is 48.0. The van der Waals surface area contributed by atoms with E-state index in [-0.39, 0.29) is 88.7 Å². The minimum absolute atomic E-state index is 0.0194. The van der Waals surface area contributed by atoms with Crippen LogP contribution in [0, 0.1) is 11.8 Å². The standard InChI is InChI=1S/C59H69N3O17/c1-28(2)11-10-22-57(9)23-21-36-47(77-57)35(17-12-29(3)4)49-42(48(36)76-54(73)31(6)60-52(71)32-13-15-34(16-14-32)74-55-46(68)45(67)44(66)39(27-63)75-55)43(65)37-25-33-26-40-56(7,8)79-58(50(33)69,59(37,40)78-49)24-20-30(5)51(70)61-38-18-19-41(64)62-53(38)72/h11-16,20-21,23,25,31,33,38-40,44-46,55,63,66-68H,10,17-19,22,24,26-27H2,1-9H3,(H,60,71)(H,61,70)(H,62,64,72)/b30-20-/t31?,33?,38?,39-,40?,44-,45-,46-,55-,57?,58?,59?/m1/s1. The lowest BCUT2D eigenvalue weighted by Gasteiger charge is -2.56. The molecule has 0 radical (unpaired) electrons. The van der Waals surface area contributed by atoms with E-state index in [4.69, 9.17) is 28.4 Å². The SMILES string of the molecule is CC(C)=CCCC1(C)C=Cc2c(c(CC=C(C)C)c3c(c2OC(=O)C(C)NC(=O)c2ccc(O[C@@H]4O[C@H](CO)[C@@H](O)[C@@H](O)[C@H]4O)cc2)C(=O)C2=CC4CC5C(C)(C)OC(C/C=C(/C)C(=O)NC6CCC(=O)NC6=O)(C4=O)C25O3)O1. The highest BCUT2D eigenvalue weighted by Crippen LogP contribution is 2.69. The maximum Gasteiger partial charge on any atom is 0.333 e. The van der Waals surface area contributed by atoms with Gasteiger partial charge in [0, 0.05) is 47.0 Å². The Balaban J connectivity index is 1.08. The molecule has 7 N–H and O–H groups in total. The van der Waals surface area contributed by atoms with E-state index in [1.165, 1.54) is 38.1 Å². The van der Waals surface area contributed by atoms with Gasteiger partial charge in [-0.05, 0) is 131 Å². The number of allylic oxidation sites excluding steroid dienone is 5. The fourth-order valence-electron chi connectivity index (χ4n) is 11.9. The average Bonchev–Trinajstić information content (AvgIpc) is 3.77. The van der Waals surface area contributed by atoms with Crippen molar-refractivity contribution in [2.24, 2.45) is 11.8 Å². The fourth-order valence-corrected chi connectivity index (χ4v) is 11.9. The van der Waals surface area contributed by atoms with Gasteiger partial charge >= 0.3 is 5.97 Å². The topological polar surface area (TPSA) is 292 Å². The number of esters is 1. The Kier molecular flexibility index (Phi) is 15.4. The second-order valence-electron chi connectivity index (χ2n) is 22.9. The Hall–Kier alpha value is -6.81. The number of ether oxygens (including phenoxy) is 6. The molecular formula is C59H69N3O17. The number of rotatable bonds is 16. The van der Waals surface area contributed by atoms with E-state index >= 15 is 9.59 Å². The van der Waals surface area contributed by atoms with E-state index in [1.54, 1.807) is 18.2 Å². The molecule has 20 nitrogen and oxygen atoms in total. The van der Waals surface area contributed by atoms with Crippen LogP contribution in [0.15, 0.2) is 76.9 Å². The maximum absolute atomic E-state index is 15.9. The van der Waals surface area contributed by atoms with E-state index in [0.29, 0.717) is 18.4 Å². The summed E-state index contributed by atoms with van der Waals surface area (Å²) in [6.45, 7) is 15.7. The highest BCUT2D eigenvalue weighted by atomic mass is 16.7. The summed E-state index contributed by atoms with van der Waals surface area (Å²) in [5.41, 5.74) is -2.56. The normalized spacial score (nSPS) is 31.2. The molecule has 1 spiro atoms.